The molecule has 1 atom stereocenters. The molecule has 0 aromatic carbocycles. The highest BCUT2D eigenvalue weighted by atomic mass is 79.9. The molecular formula is C14H17BrN2OS. The van der Waals surface area contributed by atoms with Gasteiger partial charge in [-0.2, -0.15) is 0 Å². The van der Waals surface area contributed by atoms with E-state index in [-0.39, 0.29) is 6.04 Å². The molecule has 2 N–H and O–H groups in total. The van der Waals surface area contributed by atoms with Gasteiger partial charge in [-0.1, -0.05) is 6.92 Å². The maximum absolute atomic E-state index is 5.91. The van der Waals surface area contributed by atoms with E-state index in [4.69, 9.17) is 10.5 Å². The van der Waals surface area contributed by atoms with E-state index < -0.39 is 0 Å². The minimum Gasteiger partial charge on any atom is -0.486 e. The molecule has 0 amide bonds. The van der Waals surface area contributed by atoms with E-state index >= 15 is 0 Å². The first-order valence-electron chi connectivity index (χ1n) is 6.23. The van der Waals surface area contributed by atoms with Crippen molar-refractivity contribution in [2.24, 2.45) is 5.73 Å². The Morgan fingerprint density at radius 1 is 1.47 bits per heavy atom. The summed E-state index contributed by atoms with van der Waals surface area (Å²) in [5.41, 5.74) is 6.92. The average molecular weight is 341 g/mol. The zero-order chi connectivity index (χ0) is 13.7. The van der Waals surface area contributed by atoms with E-state index in [1.54, 1.807) is 17.5 Å². The minimum absolute atomic E-state index is 0.183. The van der Waals surface area contributed by atoms with Crippen molar-refractivity contribution in [3.05, 3.63) is 44.8 Å². The Labute approximate surface area is 125 Å². The van der Waals surface area contributed by atoms with Crippen LogP contribution in [0.2, 0.25) is 0 Å². The highest BCUT2D eigenvalue weighted by molar-refractivity contribution is 9.10. The standard InChI is InChI=1S/C14H17BrN2OS/c1-2-11(16)6-12-3-4-13(7-17-12)18-8-14-5-10(15)9-19-14/h3-5,7,9,11H,2,6,8,16H2,1H3. The average Bonchev–Trinajstić information content (AvgIpc) is 2.83. The Morgan fingerprint density at radius 3 is 2.89 bits per heavy atom. The van der Waals surface area contributed by atoms with Crippen molar-refractivity contribution in [3.8, 4) is 5.75 Å². The summed E-state index contributed by atoms with van der Waals surface area (Å²) in [6.07, 6.45) is 3.54. The predicted octanol–water partition coefficient (Wildman–Crippen LogP) is 3.76. The maximum Gasteiger partial charge on any atom is 0.138 e. The molecular weight excluding hydrogens is 324 g/mol. The van der Waals surface area contributed by atoms with E-state index in [0.29, 0.717) is 6.61 Å². The first-order chi connectivity index (χ1) is 9.17. The molecule has 19 heavy (non-hydrogen) atoms. The monoisotopic (exact) mass is 340 g/mol. The summed E-state index contributed by atoms with van der Waals surface area (Å²) in [6, 6.07) is 6.18. The molecule has 2 rings (SSSR count). The van der Waals surface area contributed by atoms with Gasteiger partial charge in [0.1, 0.15) is 12.4 Å². The van der Waals surface area contributed by atoms with Crippen LogP contribution in [0.3, 0.4) is 0 Å². The van der Waals surface area contributed by atoms with Crippen molar-refractivity contribution in [3.63, 3.8) is 0 Å². The zero-order valence-corrected chi connectivity index (χ0v) is 13.2. The fourth-order valence-corrected chi connectivity index (χ4v) is 2.98. The van der Waals surface area contributed by atoms with Gasteiger partial charge in [-0.25, -0.2) is 0 Å². The van der Waals surface area contributed by atoms with E-state index in [1.807, 2.05) is 17.5 Å². The van der Waals surface area contributed by atoms with Gasteiger partial charge in [0.05, 0.1) is 6.20 Å². The molecule has 0 fully saturated rings. The molecule has 5 heteroatoms. The molecule has 0 aliphatic carbocycles. The van der Waals surface area contributed by atoms with E-state index in [9.17, 15) is 0 Å². The second kappa shape index (κ2) is 7.03. The number of ether oxygens (including phenoxy) is 1. The number of thiophene rings is 1. The first-order valence-corrected chi connectivity index (χ1v) is 7.91. The van der Waals surface area contributed by atoms with Gasteiger partial charge in [-0.05, 0) is 40.5 Å². The van der Waals surface area contributed by atoms with Crippen molar-refractivity contribution in [2.75, 3.05) is 0 Å². The Kier molecular flexibility index (Phi) is 5.36. The highest BCUT2D eigenvalue weighted by Crippen LogP contribution is 2.21. The lowest BCUT2D eigenvalue weighted by Gasteiger charge is -2.09. The summed E-state index contributed by atoms with van der Waals surface area (Å²) >= 11 is 5.10. The topological polar surface area (TPSA) is 48.1 Å². The molecule has 2 heterocycles. The Morgan fingerprint density at radius 2 is 2.32 bits per heavy atom. The summed E-state index contributed by atoms with van der Waals surface area (Å²) < 4.78 is 6.78. The van der Waals surface area contributed by atoms with Gasteiger partial charge in [0.15, 0.2) is 0 Å². The molecule has 0 aliphatic heterocycles. The largest absolute Gasteiger partial charge is 0.486 e. The van der Waals surface area contributed by atoms with Crippen molar-refractivity contribution in [1.82, 2.24) is 4.98 Å². The van der Waals surface area contributed by atoms with Crippen molar-refractivity contribution >= 4 is 27.3 Å². The molecule has 102 valence electrons. The molecule has 3 nitrogen and oxygen atoms in total. The van der Waals surface area contributed by atoms with Crippen LogP contribution in [-0.4, -0.2) is 11.0 Å². The summed E-state index contributed by atoms with van der Waals surface area (Å²) in [6.45, 7) is 2.66. The van der Waals surface area contributed by atoms with Crippen LogP contribution in [0.15, 0.2) is 34.2 Å². The lowest BCUT2D eigenvalue weighted by molar-refractivity contribution is 0.308. The molecule has 0 spiro atoms. The number of nitrogens with zero attached hydrogens (tertiary/aromatic N) is 1. The second-order valence-electron chi connectivity index (χ2n) is 4.38. The third-order valence-electron chi connectivity index (χ3n) is 2.80. The number of hydrogen-bond acceptors (Lipinski definition) is 4. The first kappa shape index (κ1) is 14.5. The molecule has 0 bridgehead atoms. The third-order valence-corrected chi connectivity index (χ3v) is 4.47. The number of nitrogens with two attached hydrogens (primary N) is 1. The molecule has 0 saturated carbocycles. The van der Waals surface area contributed by atoms with Crippen LogP contribution in [0.1, 0.15) is 23.9 Å². The fraction of sp³-hybridized carbons (Fsp3) is 0.357. The summed E-state index contributed by atoms with van der Waals surface area (Å²) in [4.78, 5) is 5.56. The van der Waals surface area contributed by atoms with Gasteiger partial charge in [0.25, 0.3) is 0 Å². The number of halogens is 1. The van der Waals surface area contributed by atoms with Crippen molar-refractivity contribution in [2.45, 2.75) is 32.4 Å². The van der Waals surface area contributed by atoms with Gasteiger partial charge < -0.3 is 10.5 Å². The molecule has 0 radical (unpaired) electrons. The second-order valence-corrected chi connectivity index (χ2v) is 6.29. The lowest BCUT2D eigenvalue weighted by Crippen LogP contribution is -2.21. The summed E-state index contributed by atoms with van der Waals surface area (Å²) in [5.74, 6) is 0.790. The summed E-state index contributed by atoms with van der Waals surface area (Å²) in [7, 11) is 0. The normalized spacial score (nSPS) is 12.4. The molecule has 2 aromatic heterocycles. The van der Waals surface area contributed by atoms with E-state index in [1.165, 1.54) is 4.88 Å². The Balaban J connectivity index is 1.88. The van der Waals surface area contributed by atoms with Gasteiger partial charge in [0, 0.05) is 32.9 Å². The fourth-order valence-electron chi connectivity index (χ4n) is 1.61. The van der Waals surface area contributed by atoms with Gasteiger partial charge in [0.2, 0.25) is 0 Å². The van der Waals surface area contributed by atoms with Crippen LogP contribution in [0.4, 0.5) is 0 Å². The van der Waals surface area contributed by atoms with Crippen LogP contribution >= 0.6 is 27.3 Å². The Hall–Kier alpha value is -0.910. The van der Waals surface area contributed by atoms with Crippen LogP contribution < -0.4 is 10.5 Å². The number of pyridine rings is 1. The molecule has 0 saturated heterocycles. The predicted molar refractivity (Wildman–Crippen MR) is 82.6 cm³/mol. The van der Waals surface area contributed by atoms with Crippen LogP contribution in [0, 0.1) is 0 Å². The molecule has 2 aromatic rings. The lowest BCUT2D eigenvalue weighted by atomic mass is 10.1. The van der Waals surface area contributed by atoms with E-state index in [2.05, 4.69) is 33.9 Å². The third kappa shape index (κ3) is 4.60. The van der Waals surface area contributed by atoms with Gasteiger partial charge in [-0.15, -0.1) is 11.3 Å². The maximum atomic E-state index is 5.91. The smallest absolute Gasteiger partial charge is 0.138 e. The van der Waals surface area contributed by atoms with Crippen molar-refractivity contribution in [1.29, 1.82) is 0 Å². The van der Waals surface area contributed by atoms with Gasteiger partial charge in [-0.3, -0.25) is 4.98 Å². The van der Waals surface area contributed by atoms with Crippen LogP contribution in [0.5, 0.6) is 5.75 Å². The van der Waals surface area contributed by atoms with Crippen LogP contribution in [-0.2, 0) is 13.0 Å². The van der Waals surface area contributed by atoms with Gasteiger partial charge >= 0.3 is 0 Å². The minimum atomic E-state index is 0.183. The summed E-state index contributed by atoms with van der Waals surface area (Å²) in [5, 5.41) is 2.05. The number of hydrogen-bond donors (Lipinski definition) is 1. The zero-order valence-electron chi connectivity index (χ0n) is 10.8. The van der Waals surface area contributed by atoms with Crippen molar-refractivity contribution < 1.29 is 4.74 Å². The number of aromatic nitrogens is 1. The molecule has 1 unspecified atom stereocenters. The number of rotatable bonds is 6. The van der Waals surface area contributed by atoms with E-state index in [0.717, 1.165) is 28.8 Å². The molecule has 0 aliphatic rings. The van der Waals surface area contributed by atoms with Crippen LogP contribution in [0.25, 0.3) is 0 Å². The SMILES string of the molecule is CCC(N)Cc1ccc(OCc2cc(Br)cs2)cn1. The Bertz CT molecular complexity index is 512. The quantitative estimate of drug-likeness (QED) is 0.870. The highest BCUT2D eigenvalue weighted by Gasteiger charge is 2.04.